The van der Waals surface area contributed by atoms with E-state index >= 15 is 0 Å². The van der Waals surface area contributed by atoms with Gasteiger partial charge in [-0.25, -0.2) is 14.6 Å². The topological polar surface area (TPSA) is 55.6 Å². The number of alkyl halides is 3. The normalized spacial score (nSPS) is 11.5. The summed E-state index contributed by atoms with van der Waals surface area (Å²) in [6.45, 7) is 0. The van der Waals surface area contributed by atoms with Crippen molar-refractivity contribution in [2.75, 3.05) is 12.4 Å². The first-order chi connectivity index (χ1) is 8.00. The lowest BCUT2D eigenvalue weighted by atomic mass is 10.4. The summed E-state index contributed by atoms with van der Waals surface area (Å²) in [6, 6.07) is 1.49. The van der Waals surface area contributed by atoms with Crippen LogP contribution in [0, 0.1) is 0 Å². The van der Waals surface area contributed by atoms with Gasteiger partial charge in [-0.1, -0.05) is 0 Å². The molecule has 2 rings (SSSR count). The second-order valence-electron chi connectivity index (χ2n) is 3.18. The molecule has 17 heavy (non-hydrogen) atoms. The van der Waals surface area contributed by atoms with Gasteiger partial charge in [-0.3, -0.25) is 0 Å². The maximum absolute atomic E-state index is 12.4. The lowest BCUT2D eigenvalue weighted by Crippen LogP contribution is -2.04. The number of nitrogens with one attached hydrogen (secondary N) is 1. The van der Waals surface area contributed by atoms with Crippen molar-refractivity contribution in [1.29, 1.82) is 0 Å². The Bertz CT molecular complexity index is 519. The Labute approximate surface area is 94.3 Å². The summed E-state index contributed by atoms with van der Waals surface area (Å²) in [5.74, 6) is 0.763. The first-order valence-corrected chi connectivity index (χ1v) is 4.63. The number of nitrogens with zero attached hydrogens (tertiary/aromatic N) is 4. The van der Waals surface area contributed by atoms with Crippen LogP contribution in [0.5, 0.6) is 0 Å². The molecule has 0 bridgehead atoms. The Hall–Kier alpha value is -2.12. The van der Waals surface area contributed by atoms with Gasteiger partial charge in [0.2, 0.25) is 0 Å². The predicted octanol–water partition coefficient (Wildman–Crippen LogP) is 1.72. The average Bonchev–Trinajstić information content (AvgIpc) is 2.78. The fraction of sp³-hybridized carbons (Fsp3) is 0.222. The number of hydrogen-bond donors (Lipinski definition) is 1. The molecule has 0 atom stereocenters. The van der Waals surface area contributed by atoms with Crippen molar-refractivity contribution in [2.45, 2.75) is 6.18 Å². The summed E-state index contributed by atoms with van der Waals surface area (Å²) in [7, 11) is 1.65. The van der Waals surface area contributed by atoms with Gasteiger partial charge in [-0.15, -0.1) is 0 Å². The van der Waals surface area contributed by atoms with Crippen LogP contribution in [0.4, 0.5) is 19.0 Å². The largest absolute Gasteiger partial charge is 0.419 e. The van der Waals surface area contributed by atoms with Crippen molar-refractivity contribution < 1.29 is 13.2 Å². The van der Waals surface area contributed by atoms with Crippen molar-refractivity contribution in [3.8, 4) is 5.82 Å². The van der Waals surface area contributed by atoms with Crippen LogP contribution in [0.2, 0.25) is 0 Å². The Morgan fingerprint density at radius 3 is 2.65 bits per heavy atom. The first kappa shape index (κ1) is 11.4. The molecule has 0 unspecified atom stereocenters. The first-order valence-electron chi connectivity index (χ1n) is 4.63. The molecule has 0 radical (unpaired) electrons. The highest BCUT2D eigenvalue weighted by atomic mass is 19.4. The second kappa shape index (κ2) is 4.04. The van der Waals surface area contributed by atoms with Gasteiger partial charge in [0, 0.05) is 19.3 Å². The Balaban J connectivity index is 2.37. The summed E-state index contributed by atoms with van der Waals surface area (Å²) < 4.78 is 38.1. The smallest absolute Gasteiger partial charge is 0.373 e. The fourth-order valence-corrected chi connectivity index (χ4v) is 1.20. The van der Waals surface area contributed by atoms with Gasteiger partial charge >= 0.3 is 6.18 Å². The lowest BCUT2D eigenvalue weighted by Gasteiger charge is -2.03. The number of rotatable bonds is 2. The van der Waals surface area contributed by atoms with Gasteiger partial charge < -0.3 is 5.32 Å². The maximum Gasteiger partial charge on any atom is 0.419 e. The zero-order valence-electron chi connectivity index (χ0n) is 8.73. The minimum absolute atomic E-state index is 0.264. The molecule has 5 nitrogen and oxygen atoms in total. The van der Waals surface area contributed by atoms with Crippen molar-refractivity contribution in [3.63, 3.8) is 0 Å². The number of anilines is 1. The highest BCUT2D eigenvalue weighted by Gasteiger charge is 2.32. The molecule has 0 aliphatic rings. The van der Waals surface area contributed by atoms with Gasteiger partial charge in [0.15, 0.2) is 5.82 Å². The van der Waals surface area contributed by atoms with Gasteiger partial charge in [0.05, 0.1) is 11.8 Å². The molecule has 0 spiro atoms. The third kappa shape index (κ3) is 2.35. The molecule has 0 amide bonds. The highest BCUT2D eigenvalue weighted by Crippen LogP contribution is 2.28. The molecular weight excluding hydrogens is 235 g/mol. The quantitative estimate of drug-likeness (QED) is 0.872. The Morgan fingerprint density at radius 2 is 2.06 bits per heavy atom. The van der Waals surface area contributed by atoms with E-state index in [2.05, 4.69) is 20.4 Å². The average molecular weight is 243 g/mol. The van der Waals surface area contributed by atoms with Crippen molar-refractivity contribution >= 4 is 5.82 Å². The van der Waals surface area contributed by atoms with E-state index in [-0.39, 0.29) is 5.82 Å². The molecule has 2 heterocycles. The third-order valence-electron chi connectivity index (χ3n) is 2.05. The molecule has 2 aromatic rings. The summed E-state index contributed by atoms with van der Waals surface area (Å²) >= 11 is 0. The molecule has 0 aliphatic carbocycles. The van der Waals surface area contributed by atoms with Crippen LogP contribution in [0.15, 0.2) is 24.8 Å². The van der Waals surface area contributed by atoms with Gasteiger partial charge in [0.1, 0.15) is 12.1 Å². The Morgan fingerprint density at radius 1 is 1.29 bits per heavy atom. The number of hydrogen-bond acceptors (Lipinski definition) is 4. The molecule has 90 valence electrons. The van der Waals surface area contributed by atoms with Crippen molar-refractivity contribution in [3.05, 3.63) is 30.4 Å². The summed E-state index contributed by atoms with van der Waals surface area (Å²) in [5, 5.41) is 6.37. The minimum Gasteiger partial charge on any atom is -0.373 e. The monoisotopic (exact) mass is 243 g/mol. The van der Waals surface area contributed by atoms with Gasteiger partial charge in [-0.05, 0) is 0 Å². The van der Waals surface area contributed by atoms with E-state index in [0.29, 0.717) is 5.82 Å². The SMILES string of the molecule is CNc1cc(-n2cc(C(F)(F)F)cn2)ncn1. The molecule has 0 aliphatic heterocycles. The van der Waals surface area contributed by atoms with Crippen molar-refractivity contribution in [1.82, 2.24) is 19.7 Å². The summed E-state index contributed by atoms with van der Waals surface area (Å²) in [5.41, 5.74) is -0.817. The van der Waals surface area contributed by atoms with Crippen LogP contribution in [-0.4, -0.2) is 26.8 Å². The number of aromatic nitrogens is 4. The number of halogens is 3. The molecule has 8 heteroatoms. The molecule has 0 saturated heterocycles. The van der Waals surface area contributed by atoms with E-state index in [0.717, 1.165) is 17.1 Å². The van der Waals surface area contributed by atoms with Crippen LogP contribution in [0.3, 0.4) is 0 Å². The lowest BCUT2D eigenvalue weighted by molar-refractivity contribution is -0.137. The van der Waals surface area contributed by atoms with Gasteiger partial charge in [-0.2, -0.15) is 18.3 Å². The zero-order chi connectivity index (χ0) is 12.5. The molecule has 0 fully saturated rings. The van der Waals surface area contributed by atoms with E-state index < -0.39 is 11.7 Å². The fourth-order valence-electron chi connectivity index (χ4n) is 1.20. The van der Waals surface area contributed by atoms with Crippen LogP contribution in [-0.2, 0) is 6.18 Å². The van der Waals surface area contributed by atoms with Crippen molar-refractivity contribution in [2.24, 2.45) is 0 Å². The van der Waals surface area contributed by atoms with E-state index in [1.165, 1.54) is 12.4 Å². The molecule has 0 saturated carbocycles. The van der Waals surface area contributed by atoms with Crippen LogP contribution < -0.4 is 5.32 Å². The summed E-state index contributed by atoms with van der Waals surface area (Å²) in [4.78, 5) is 7.69. The maximum atomic E-state index is 12.4. The van der Waals surface area contributed by atoms with E-state index in [1.54, 1.807) is 7.05 Å². The van der Waals surface area contributed by atoms with Crippen LogP contribution in [0.1, 0.15) is 5.56 Å². The molecule has 0 aromatic carbocycles. The third-order valence-corrected chi connectivity index (χ3v) is 2.05. The standard InChI is InChI=1S/C9H8F3N5/c1-13-7-2-8(15-5-14-7)17-4-6(3-16-17)9(10,11)12/h2-5H,1H3,(H,13,14,15). The molecule has 2 aromatic heterocycles. The van der Waals surface area contributed by atoms with Crippen LogP contribution in [0.25, 0.3) is 5.82 Å². The molecular formula is C9H8F3N5. The van der Waals surface area contributed by atoms with Gasteiger partial charge in [0.25, 0.3) is 0 Å². The Kier molecular flexibility index (Phi) is 2.70. The minimum atomic E-state index is -4.41. The van der Waals surface area contributed by atoms with E-state index in [9.17, 15) is 13.2 Å². The zero-order valence-corrected chi connectivity index (χ0v) is 8.73. The second-order valence-corrected chi connectivity index (χ2v) is 3.18. The predicted molar refractivity (Wildman–Crippen MR) is 53.7 cm³/mol. The molecule has 1 N–H and O–H groups in total. The van der Waals surface area contributed by atoms with E-state index in [4.69, 9.17) is 0 Å². The highest BCUT2D eigenvalue weighted by molar-refractivity contribution is 5.39. The van der Waals surface area contributed by atoms with Crippen LogP contribution >= 0.6 is 0 Å². The summed E-state index contributed by atoms with van der Waals surface area (Å²) in [6.07, 6.45) is -1.53. The van der Waals surface area contributed by atoms with E-state index in [1.807, 2.05) is 0 Å².